The van der Waals surface area contributed by atoms with E-state index in [2.05, 4.69) is 43.8 Å². The van der Waals surface area contributed by atoms with E-state index >= 15 is 0 Å². The average Bonchev–Trinajstić information content (AvgIpc) is 2.65. The first-order chi connectivity index (χ1) is 13.8. The summed E-state index contributed by atoms with van der Waals surface area (Å²) in [6.45, 7) is 3.84. The molecular formula is C20H13Br2ClN2O4. The molecule has 0 bridgehead atoms. The van der Waals surface area contributed by atoms with Gasteiger partial charge in [0.25, 0.3) is 11.8 Å². The molecule has 1 heterocycles. The van der Waals surface area contributed by atoms with Gasteiger partial charge in [-0.3, -0.25) is 14.9 Å². The SMILES string of the molecule is C=CCOc1c(Br)cc(Br)cc1/C=C1\C(=O)NC(=O)N(c2ccccc2Cl)C1=O. The predicted octanol–water partition coefficient (Wildman–Crippen LogP) is 5.10. The van der Waals surface area contributed by atoms with Crippen LogP contribution in [0.1, 0.15) is 5.56 Å². The maximum absolute atomic E-state index is 13.0. The lowest BCUT2D eigenvalue weighted by Gasteiger charge is -2.27. The van der Waals surface area contributed by atoms with Gasteiger partial charge in [0, 0.05) is 10.0 Å². The minimum atomic E-state index is -0.871. The molecule has 0 saturated carbocycles. The number of anilines is 1. The summed E-state index contributed by atoms with van der Waals surface area (Å²) in [7, 11) is 0. The fourth-order valence-electron chi connectivity index (χ4n) is 2.65. The molecule has 1 fully saturated rings. The van der Waals surface area contributed by atoms with Crippen molar-refractivity contribution in [2.45, 2.75) is 0 Å². The maximum atomic E-state index is 13.0. The molecule has 148 valence electrons. The van der Waals surface area contributed by atoms with Crippen LogP contribution in [-0.2, 0) is 9.59 Å². The third-order valence-electron chi connectivity index (χ3n) is 3.88. The minimum absolute atomic E-state index is 0.175. The van der Waals surface area contributed by atoms with Crippen molar-refractivity contribution >= 4 is 73.1 Å². The van der Waals surface area contributed by atoms with Crippen molar-refractivity contribution in [2.24, 2.45) is 0 Å². The number of benzene rings is 2. The zero-order valence-electron chi connectivity index (χ0n) is 14.7. The number of rotatable bonds is 5. The Labute approximate surface area is 188 Å². The highest BCUT2D eigenvalue weighted by atomic mass is 79.9. The van der Waals surface area contributed by atoms with Crippen molar-refractivity contribution in [3.63, 3.8) is 0 Å². The van der Waals surface area contributed by atoms with Crippen LogP contribution in [-0.4, -0.2) is 24.5 Å². The molecule has 9 heteroatoms. The van der Waals surface area contributed by atoms with Crippen LogP contribution < -0.4 is 15.0 Å². The molecule has 1 N–H and O–H groups in total. The highest BCUT2D eigenvalue weighted by Crippen LogP contribution is 2.35. The number of amides is 4. The lowest BCUT2D eigenvalue weighted by molar-refractivity contribution is -0.122. The number of nitrogens with zero attached hydrogens (tertiary/aromatic N) is 1. The van der Waals surface area contributed by atoms with Crippen molar-refractivity contribution in [3.05, 3.63) is 74.2 Å². The Morgan fingerprint density at radius 3 is 2.59 bits per heavy atom. The molecule has 6 nitrogen and oxygen atoms in total. The van der Waals surface area contributed by atoms with E-state index in [1.54, 1.807) is 36.4 Å². The number of hydrogen-bond acceptors (Lipinski definition) is 4. The number of carbonyl (C=O) groups is 3. The molecule has 4 amide bonds. The molecule has 0 unspecified atom stereocenters. The first-order valence-corrected chi connectivity index (χ1v) is 10.2. The number of urea groups is 1. The highest BCUT2D eigenvalue weighted by molar-refractivity contribution is 9.11. The molecule has 3 rings (SSSR count). The molecule has 1 aliphatic heterocycles. The average molecular weight is 541 g/mol. The van der Waals surface area contributed by atoms with E-state index in [1.165, 1.54) is 12.1 Å². The maximum Gasteiger partial charge on any atom is 0.335 e. The van der Waals surface area contributed by atoms with Gasteiger partial charge in [-0.2, -0.15) is 0 Å². The highest BCUT2D eigenvalue weighted by Gasteiger charge is 2.37. The van der Waals surface area contributed by atoms with Crippen molar-refractivity contribution < 1.29 is 19.1 Å². The molecule has 29 heavy (non-hydrogen) atoms. The van der Waals surface area contributed by atoms with Gasteiger partial charge in [0.15, 0.2) is 0 Å². The summed E-state index contributed by atoms with van der Waals surface area (Å²) >= 11 is 12.9. The third kappa shape index (κ3) is 4.44. The van der Waals surface area contributed by atoms with E-state index < -0.39 is 17.8 Å². The van der Waals surface area contributed by atoms with Gasteiger partial charge in [0.05, 0.1) is 15.2 Å². The number of carbonyl (C=O) groups excluding carboxylic acids is 3. The van der Waals surface area contributed by atoms with Gasteiger partial charge in [-0.05, 0) is 46.3 Å². The Kier molecular flexibility index (Phi) is 6.56. The van der Waals surface area contributed by atoms with Gasteiger partial charge >= 0.3 is 6.03 Å². The summed E-state index contributed by atoms with van der Waals surface area (Å²) in [5, 5.41) is 2.37. The number of nitrogens with one attached hydrogen (secondary N) is 1. The summed E-state index contributed by atoms with van der Waals surface area (Å²) in [6.07, 6.45) is 2.93. The van der Waals surface area contributed by atoms with E-state index in [9.17, 15) is 14.4 Å². The monoisotopic (exact) mass is 538 g/mol. The number of halogens is 3. The van der Waals surface area contributed by atoms with Crippen LogP contribution in [0, 0.1) is 0 Å². The fourth-order valence-corrected chi connectivity index (χ4v) is 4.24. The molecule has 2 aromatic rings. The lowest BCUT2D eigenvalue weighted by Crippen LogP contribution is -2.54. The van der Waals surface area contributed by atoms with Crippen LogP contribution in [0.25, 0.3) is 6.08 Å². The minimum Gasteiger partial charge on any atom is -0.488 e. The van der Waals surface area contributed by atoms with E-state index in [1.807, 2.05) is 0 Å². The zero-order valence-corrected chi connectivity index (χ0v) is 18.7. The molecule has 2 aromatic carbocycles. The number of barbiturate groups is 1. The first-order valence-electron chi connectivity index (χ1n) is 8.22. The fraction of sp³-hybridized carbons (Fsp3) is 0.0500. The smallest absolute Gasteiger partial charge is 0.335 e. The Morgan fingerprint density at radius 2 is 1.90 bits per heavy atom. The quantitative estimate of drug-likeness (QED) is 0.326. The Balaban J connectivity index is 2.10. The molecule has 0 aromatic heterocycles. The predicted molar refractivity (Wildman–Crippen MR) is 118 cm³/mol. The van der Waals surface area contributed by atoms with Crippen LogP contribution in [0.2, 0.25) is 5.02 Å². The van der Waals surface area contributed by atoms with E-state index in [4.69, 9.17) is 16.3 Å². The normalized spacial score (nSPS) is 15.5. The van der Waals surface area contributed by atoms with Gasteiger partial charge in [0.1, 0.15) is 17.9 Å². The van der Waals surface area contributed by atoms with E-state index in [0.717, 1.165) is 4.90 Å². The largest absolute Gasteiger partial charge is 0.488 e. The second-order valence-electron chi connectivity index (χ2n) is 5.81. The molecule has 0 radical (unpaired) electrons. The molecule has 1 saturated heterocycles. The molecule has 0 aliphatic carbocycles. The standard InChI is InChI=1S/C20H13Br2ClN2O4/c1-2-7-29-17-11(8-12(21)10-14(17)22)9-13-18(26)24-20(28)25(19(13)27)16-6-4-3-5-15(16)23/h2-6,8-10H,1,7H2,(H,24,26,28)/b13-9+. The van der Waals surface area contributed by atoms with Crippen molar-refractivity contribution in [2.75, 3.05) is 11.5 Å². The topological polar surface area (TPSA) is 75.7 Å². The number of hydrogen-bond donors (Lipinski definition) is 1. The second-order valence-corrected chi connectivity index (χ2v) is 7.99. The second kappa shape index (κ2) is 8.94. The number of imide groups is 2. The Morgan fingerprint density at radius 1 is 1.17 bits per heavy atom. The zero-order chi connectivity index (χ0) is 21.1. The first kappa shape index (κ1) is 21.3. The summed E-state index contributed by atoms with van der Waals surface area (Å²) < 4.78 is 6.97. The van der Waals surface area contributed by atoms with Gasteiger partial charge in [-0.25, -0.2) is 9.69 Å². The summed E-state index contributed by atoms with van der Waals surface area (Å²) in [5.41, 5.74) is 0.395. The van der Waals surface area contributed by atoms with Gasteiger partial charge in [-0.15, -0.1) is 0 Å². The van der Waals surface area contributed by atoms with E-state index in [0.29, 0.717) is 20.3 Å². The third-order valence-corrected chi connectivity index (χ3v) is 5.24. The number of para-hydroxylation sites is 1. The lowest BCUT2D eigenvalue weighted by atomic mass is 10.1. The van der Waals surface area contributed by atoms with Gasteiger partial charge < -0.3 is 4.74 Å². The van der Waals surface area contributed by atoms with E-state index in [-0.39, 0.29) is 22.9 Å². The summed E-state index contributed by atoms with van der Waals surface area (Å²) in [6, 6.07) is 8.95. The van der Waals surface area contributed by atoms with Gasteiger partial charge in [-0.1, -0.05) is 52.3 Å². The Hall–Kier alpha value is -2.42. The van der Waals surface area contributed by atoms with Crippen molar-refractivity contribution in [1.82, 2.24) is 5.32 Å². The number of ether oxygens (including phenoxy) is 1. The molecule has 1 aliphatic rings. The Bertz CT molecular complexity index is 1070. The van der Waals surface area contributed by atoms with Crippen LogP contribution >= 0.6 is 43.5 Å². The van der Waals surface area contributed by atoms with Crippen molar-refractivity contribution in [3.8, 4) is 5.75 Å². The molecule has 0 atom stereocenters. The summed E-state index contributed by atoms with van der Waals surface area (Å²) in [4.78, 5) is 38.6. The molecular weight excluding hydrogens is 527 g/mol. The van der Waals surface area contributed by atoms with Crippen LogP contribution in [0.15, 0.2) is 63.6 Å². The summed E-state index contributed by atoms with van der Waals surface area (Å²) in [5.74, 6) is -1.19. The van der Waals surface area contributed by atoms with Crippen molar-refractivity contribution in [1.29, 1.82) is 0 Å². The molecule has 0 spiro atoms. The van der Waals surface area contributed by atoms with Crippen LogP contribution in [0.5, 0.6) is 5.75 Å². The van der Waals surface area contributed by atoms with Gasteiger partial charge in [0.2, 0.25) is 0 Å². The van der Waals surface area contributed by atoms with Crippen LogP contribution in [0.4, 0.5) is 10.5 Å². The van der Waals surface area contributed by atoms with Crippen LogP contribution in [0.3, 0.4) is 0 Å².